The smallest absolute Gasteiger partial charge is 0.338 e. The number of benzene rings is 2. The topological polar surface area (TPSA) is 43.4 Å². The van der Waals surface area contributed by atoms with Crippen LogP contribution in [-0.4, -0.2) is 17.9 Å². The van der Waals surface area contributed by atoms with Gasteiger partial charge in [-0.1, -0.05) is 18.2 Å². The molecular weight excluding hydrogens is 283 g/mol. The van der Waals surface area contributed by atoms with Crippen molar-refractivity contribution in [3.8, 4) is 11.1 Å². The maximum atomic E-state index is 13.3. The van der Waals surface area contributed by atoms with Crippen LogP contribution < -0.4 is 0 Å². The summed E-state index contributed by atoms with van der Waals surface area (Å²) in [5.41, 5.74) is 1.39. The molecule has 0 aliphatic heterocycles. The first kappa shape index (κ1) is 15.9. The maximum absolute atomic E-state index is 13.3. The normalized spacial score (nSPS) is 11.1. The molecule has 0 fully saturated rings. The Kier molecular flexibility index (Phi) is 4.40. The molecule has 3 nitrogen and oxygen atoms in total. The van der Waals surface area contributed by atoms with Crippen LogP contribution in [0.1, 0.15) is 41.5 Å². The molecule has 22 heavy (non-hydrogen) atoms. The zero-order valence-corrected chi connectivity index (χ0v) is 12.7. The van der Waals surface area contributed by atoms with E-state index in [0.717, 1.165) is 5.56 Å². The van der Waals surface area contributed by atoms with E-state index in [-0.39, 0.29) is 5.56 Å². The van der Waals surface area contributed by atoms with E-state index in [1.807, 2.05) is 0 Å². The van der Waals surface area contributed by atoms with Crippen LogP contribution in [0, 0.1) is 5.82 Å². The average Bonchev–Trinajstić information content (AvgIpc) is 2.46. The van der Waals surface area contributed by atoms with Gasteiger partial charge < -0.3 is 4.74 Å². The number of esters is 1. The highest BCUT2D eigenvalue weighted by Crippen LogP contribution is 2.23. The second-order valence-corrected chi connectivity index (χ2v) is 5.93. The molecule has 2 aromatic carbocycles. The van der Waals surface area contributed by atoms with Gasteiger partial charge in [-0.25, -0.2) is 9.18 Å². The van der Waals surface area contributed by atoms with E-state index in [2.05, 4.69) is 0 Å². The molecule has 0 saturated carbocycles. The summed E-state index contributed by atoms with van der Waals surface area (Å²) in [6.07, 6.45) is 0.480. The zero-order valence-electron chi connectivity index (χ0n) is 12.7. The Morgan fingerprint density at radius 3 is 2.18 bits per heavy atom. The Bertz CT molecular complexity index is 697. The molecular formula is C18H17FO3. The van der Waals surface area contributed by atoms with Crippen LogP contribution in [0.25, 0.3) is 11.1 Å². The van der Waals surface area contributed by atoms with E-state index in [1.54, 1.807) is 51.1 Å². The minimum atomic E-state index is -0.552. The van der Waals surface area contributed by atoms with Gasteiger partial charge in [-0.15, -0.1) is 0 Å². The number of carbonyl (C=O) groups excluding carboxylic acids is 2. The quantitative estimate of drug-likeness (QED) is 0.628. The first-order chi connectivity index (χ1) is 10.3. The maximum Gasteiger partial charge on any atom is 0.338 e. The molecule has 0 aromatic heterocycles. The number of rotatable bonds is 3. The Morgan fingerprint density at radius 1 is 1.05 bits per heavy atom. The second kappa shape index (κ2) is 6.10. The van der Waals surface area contributed by atoms with Gasteiger partial charge in [0.25, 0.3) is 0 Å². The number of aldehydes is 1. The third-order valence-corrected chi connectivity index (χ3v) is 2.98. The Morgan fingerprint density at radius 2 is 1.64 bits per heavy atom. The molecule has 114 valence electrons. The highest BCUT2D eigenvalue weighted by Gasteiger charge is 2.17. The first-order valence-corrected chi connectivity index (χ1v) is 6.89. The van der Waals surface area contributed by atoms with Gasteiger partial charge in [0.2, 0.25) is 0 Å². The summed E-state index contributed by atoms with van der Waals surface area (Å²) in [6.45, 7) is 5.41. The minimum Gasteiger partial charge on any atom is -0.456 e. The number of halogens is 1. The van der Waals surface area contributed by atoms with Gasteiger partial charge in [0.1, 0.15) is 11.4 Å². The summed E-state index contributed by atoms with van der Waals surface area (Å²) < 4.78 is 18.6. The van der Waals surface area contributed by atoms with Crippen LogP contribution in [0.4, 0.5) is 4.39 Å². The van der Waals surface area contributed by atoms with E-state index in [1.165, 1.54) is 12.1 Å². The van der Waals surface area contributed by atoms with Crippen LogP contribution in [0.15, 0.2) is 42.5 Å². The molecule has 2 rings (SSSR count). The van der Waals surface area contributed by atoms with E-state index >= 15 is 0 Å². The monoisotopic (exact) mass is 300 g/mol. The number of ether oxygens (including phenoxy) is 1. The molecule has 0 amide bonds. The fourth-order valence-corrected chi connectivity index (χ4v) is 1.95. The fraction of sp³-hybridized carbons (Fsp3) is 0.222. The van der Waals surface area contributed by atoms with E-state index in [9.17, 15) is 14.0 Å². The van der Waals surface area contributed by atoms with Crippen molar-refractivity contribution < 1.29 is 18.7 Å². The van der Waals surface area contributed by atoms with E-state index in [0.29, 0.717) is 17.4 Å². The van der Waals surface area contributed by atoms with Gasteiger partial charge in [0.15, 0.2) is 6.29 Å². The van der Waals surface area contributed by atoms with Crippen molar-refractivity contribution in [2.45, 2.75) is 26.4 Å². The van der Waals surface area contributed by atoms with Crippen molar-refractivity contribution in [2.24, 2.45) is 0 Å². The standard InChI is InChI=1S/C18H17FO3/c1-18(2,3)22-17(21)13-6-4-12(5-7-13)14-8-9-16(19)15(10-14)11-20/h4-11H,1-3H3. The Labute approximate surface area is 128 Å². The lowest BCUT2D eigenvalue weighted by Crippen LogP contribution is -2.23. The summed E-state index contributed by atoms with van der Waals surface area (Å²) >= 11 is 0. The van der Waals surface area contributed by atoms with Crippen molar-refractivity contribution >= 4 is 12.3 Å². The summed E-state index contributed by atoms with van der Waals surface area (Å²) in [7, 11) is 0. The molecule has 0 aliphatic carbocycles. The van der Waals surface area contributed by atoms with Gasteiger partial charge in [-0.3, -0.25) is 4.79 Å². The number of hydrogen-bond donors (Lipinski definition) is 0. The highest BCUT2D eigenvalue weighted by molar-refractivity contribution is 5.90. The van der Waals surface area contributed by atoms with Gasteiger partial charge in [-0.2, -0.15) is 0 Å². The van der Waals surface area contributed by atoms with Crippen molar-refractivity contribution in [2.75, 3.05) is 0 Å². The second-order valence-electron chi connectivity index (χ2n) is 5.93. The lowest BCUT2D eigenvalue weighted by Gasteiger charge is -2.19. The molecule has 0 saturated heterocycles. The van der Waals surface area contributed by atoms with Gasteiger partial charge in [-0.05, 0) is 56.2 Å². The van der Waals surface area contributed by atoms with Crippen molar-refractivity contribution in [1.29, 1.82) is 0 Å². The average molecular weight is 300 g/mol. The minimum absolute atomic E-state index is 0.00807. The van der Waals surface area contributed by atoms with Crippen LogP contribution >= 0.6 is 0 Å². The molecule has 0 atom stereocenters. The predicted molar refractivity (Wildman–Crippen MR) is 82.4 cm³/mol. The molecule has 0 N–H and O–H groups in total. The molecule has 4 heteroatoms. The van der Waals surface area contributed by atoms with Crippen molar-refractivity contribution in [1.82, 2.24) is 0 Å². The molecule has 0 unspecified atom stereocenters. The highest BCUT2D eigenvalue weighted by atomic mass is 19.1. The molecule has 0 heterocycles. The van der Waals surface area contributed by atoms with Gasteiger partial charge >= 0.3 is 5.97 Å². The van der Waals surface area contributed by atoms with Crippen LogP contribution in [0.3, 0.4) is 0 Å². The fourth-order valence-electron chi connectivity index (χ4n) is 1.95. The van der Waals surface area contributed by atoms with Crippen LogP contribution in [0.2, 0.25) is 0 Å². The van der Waals surface area contributed by atoms with Crippen molar-refractivity contribution in [3.63, 3.8) is 0 Å². The number of hydrogen-bond acceptors (Lipinski definition) is 3. The van der Waals surface area contributed by atoms with Crippen molar-refractivity contribution in [3.05, 3.63) is 59.4 Å². The lowest BCUT2D eigenvalue weighted by atomic mass is 10.0. The predicted octanol–water partition coefficient (Wildman–Crippen LogP) is 4.26. The molecule has 0 radical (unpaired) electrons. The van der Waals surface area contributed by atoms with Crippen LogP contribution in [0.5, 0.6) is 0 Å². The van der Waals surface area contributed by atoms with E-state index in [4.69, 9.17) is 4.74 Å². The SMILES string of the molecule is CC(C)(C)OC(=O)c1ccc(-c2ccc(F)c(C=O)c2)cc1. The summed E-state index contributed by atoms with van der Waals surface area (Å²) in [5.74, 6) is -0.948. The lowest BCUT2D eigenvalue weighted by molar-refractivity contribution is 0.00695. The molecule has 0 aliphatic rings. The van der Waals surface area contributed by atoms with Crippen LogP contribution in [-0.2, 0) is 4.74 Å². The molecule has 0 spiro atoms. The summed E-state index contributed by atoms with van der Waals surface area (Å²) in [5, 5.41) is 0. The number of carbonyl (C=O) groups is 2. The largest absolute Gasteiger partial charge is 0.456 e. The van der Waals surface area contributed by atoms with Gasteiger partial charge in [0.05, 0.1) is 11.1 Å². The van der Waals surface area contributed by atoms with E-state index < -0.39 is 17.4 Å². The Hall–Kier alpha value is -2.49. The van der Waals surface area contributed by atoms with Gasteiger partial charge in [0, 0.05) is 0 Å². The third kappa shape index (κ3) is 3.79. The molecule has 0 bridgehead atoms. The Balaban J connectivity index is 2.25. The first-order valence-electron chi connectivity index (χ1n) is 6.89. The summed E-state index contributed by atoms with van der Waals surface area (Å²) in [6, 6.07) is 11.1. The summed E-state index contributed by atoms with van der Waals surface area (Å²) in [4.78, 5) is 22.7. The third-order valence-electron chi connectivity index (χ3n) is 2.98. The zero-order chi connectivity index (χ0) is 16.3. The molecule has 2 aromatic rings.